The molecule has 5 aromatic rings. The van der Waals surface area contributed by atoms with E-state index >= 15 is 0 Å². The van der Waals surface area contributed by atoms with Crippen LogP contribution in [-0.4, -0.2) is 57.6 Å². The first-order valence-electron chi connectivity index (χ1n) is 18.5. The molecule has 0 spiro atoms. The van der Waals surface area contributed by atoms with Crippen LogP contribution in [0.3, 0.4) is 0 Å². The van der Waals surface area contributed by atoms with Gasteiger partial charge >= 0.3 is 5.97 Å². The number of hydrogen-bond acceptors (Lipinski definition) is 7. The van der Waals surface area contributed by atoms with E-state index in [9.17, 15) is 9.59 Å². The van der Waals surface area contributed by atoms with Crippen LogP contribution in [-0.2, 0) is 9.47 Å². The Morgan fingerprint density at radius 2 is 0.943 bits per heavy atom. The maximum atomic E-state index is 13.3. The SMILES string of the molecule is CN(C(=O)c1ccc(-c2ccc(OCCCCC3CO3)cc2)cc1)c1ccc(OC(=O)c2ccc(-c3ccc(OCCCCC4CO4)cc3)cc2)cc1. The monoisotopic (exact) mass is 711 g/mol. The van der Waals surface area contributed by atoms with Crippen molar-refractivity contribution in [2.75, 3.05) is 38.4 Å². The number of nitrogens with zero attached hydrogens (tertiary/aromatic N) is 1. The summed E-state index contributed by atoms with van der Waals surface area (Å²) in [6, 6.07) is 37.8. The molecule has 0 saturated carbocycles. The first-order chi connectivity index (χ1) is 26.0. The molecule has 8 heteroatoms. The molecule has 272 valence electrons. The van der Waals surface area contributed by atoms with Crippen molar-refractivity contribution in [3.05, 3.63) is 132 Å². The second kappa shape index (κ2) is 17.4. The summed E-state index contributed by atoms with van der Waals surface area (Å²) in [6.45, 7) is 3.21. The molecule has 0 aliphatic carbocycles. The number of benzene rings is 5. The number of carbonyl (C=O) groups is 2. The molecule has 2 unspecified atom stereocenters. The highest BCUT2D eigenvalue weighted by molar-refractivity contribution is 6.06. The summed E-state index contributed by atoms with van der Waals surface area (Å²) in [4.78, 5) is 27.8. The lowest BCUT2D eigenvalue weighted by atomic mass is 10.0. The van der Waals surface area contributed by atoms with Crippen LogP contribution in [0.2, 0.25) is 0 Å². The second-order valence-electron chi connectivity index (χ2n) is 13.6. The molecule has 0 aromatic heterocycles. The van der Waals surface area contributed by atoms with Crippen LogP contribution in [0.15, 0.2) is 121 Å². The highest BCUT2D eigenvalue weighted by Crippen LogP contribution is 2.27. The lowest BCUT2D eigenvalue weighted by molar-refractivity contribution is 0.0734. The van der Waals surface area contributed by atoms with Gasteiger partial charge in [0.25, 0.3) is 5.91 Å². The molecule has 0 bridgehead atoms. The minimum atomic E-state index is -0.456. The Bertz CT molecular complexity index is 1930. The molecular formula is C45H45NO7. The summed E-state index contributed by atoms with van der Waals surface area (Å²) in [6.07, 6.45) is 7.44. The van der Waals surface area contributed by atoms with E-state index in [2.05, 4.69) is 0 Å². The average molecular weight is 712 g/mol. The summed E-state index contributed by atoms with van der Waals surface area (Å²) in [5.74, 6) is 1.49. The molecule has 7 rings (SSSR count). The molecule has 53 heavy (non-hydrogen) atoms. The van der Waals surface area contributed by atoms with Gasteiger partial charge in [-0.15, -0.1) is 0 Å². The van der Waals surface area contributed by atoms with Gasteiger partial charge in [-0.2, -0.15) is 0 Å². The number of esters is 1. The first kappa shape index (κ1) is 35.9. The van der Waals surface area contributed by atoms with Crippen LogP contribution >= 0.6 is 0 Å². The fourth-order valence-corrected chi connectivity index (χ4v) is 6.10. The van der Waals surface area contributed by atoms with Gasteiger partial charge in [-0.3, -0.25) is 4.79 Å². The van der Waals surface area contributed by atoms with E-state index in [1.54, 1.807) is 48.3 Å². The predicted molar refractivity (Wildman–Crippen MR) is 206 cm³/mol. The van der Waals surface area contributed by atoms with Crippen LogP contribution in [0.1, 0.15) is 59.2 Å². The van der Waals surface area contributed by atoms with E-state index in [0.717, 1.165) is 85.5 Å². The van der Waals surface area contributed by atoms with Crippen molar-refractivity contribution in [1.29, 1.82) is 0 Å². The first-order valence-corrected chi connectivity index (χ1v) is 18.5. The van der Waals surface area contributed by atoms with Crippen molar-refractivity contribution in [1.82, 2.24) is 0 Å². The van der Waals surface area contributed by atoms with E-state index in [1.165, 1.54) is 0 Å². The van der Waals surface area contributed by atoms with Crippen LogP contribution in [0, 0.1) is 0 Å². The Kier molecular flexibility index (Phi) is 11.8. The van der Waals surface area contributed by atoms with Gasteiger partial charge in [0.1, 0.15) is 17.2 Å². The minimum Gasteiger partial charge on any atom is -0.494 e. The van der Waals surface area contributed by atoms with Gasteiger partial charge in [0.2, 0.25) is 0 Å². The van der Waals surface area contributed by atoms with Gasteiger partial charge in [0.05, 0.1) is 44.2 Å². The number of rotatable bonds is 18. The van der Waals surface area contributed by atoms with Crippen LogP contribution in [0.5, 0.6) is 17.2 Å². The number of hydrogen-bond donors (Lipinski definition) is 0. The molecule has 2 aliphatic heterocycles. The zero-order valence-corrected chi connectivity index (χ0v) is 30.1. The van der Waals surface area contributed by atoms with Crippen LogP contribution in [0.25, 0.3) is 22.3 Å². The smallest absolute Gasteiger partial charge is 0.343 e. The molecule has 0 radical (unpaired) electrons. The quantitative estimate of drug-likeness (QED) is 0.0387. The van der Waals surface area contributed by atoms with E-state index < -0.39 is 5.97 Å². The van der Waals surface area contributed by atoms with Crippen molar-refractivity contribution < 1.29 is 33.3 Å². The third-order valence-corrected chi connectivity index (χ3v) is 9.55. The van der Waals surface area contributed by atoms with Gasteiger partial charge in [-0.25, -0.2) is 4.79 Å². The Hall–Kier alpha value is -5.44. The van der Waals surface area contributed by atoms with Crippen molar-refractivity contribution in [2.24, 2.45) is 0 Å². The molecule has 2 atom stereocenters. The largest absolute Gasteiger partial charge is 0.494 e. The molecule has 8 nitrogen and oxygen atoms in total. The van der Waals surface area contributed by atoms with Gasteiger partial charge in [0.15, 0.2) is 0 Å². The maximum absolute atomic E-state index is 13.3. The Morgan fingerprint density at radius 3 is 1.38 bits per heavy atom. The number of unbranched alkanes of at least 4 members (excludes halogenated alkanes) is 2. The minimum absolute atomic E-state index is 0.143. The number of ether oxygens (including phenoxy) is 5. The lowest BCUT2D eigenvalue weighted by Crippen LogP contribution is -2.26. The van der Waals surface area contributed by atoms with Crippen molar-refractivity contribution in [3.63, 3.8) is 0 Å². The van der Waals surface area contributed by atoms with Gasteiger partial charge in [-0.1, -0.05) is 48.5 Å². The standard InChI is InChI=1S/C45H45NO7/c1-46(44(47)36-12-8-32(9-13-36)34-16-22-39(23-17-34)49-28-4-2-6-42-30-51-42)38-20-26-41(27-21-38)53-45(48)37-14-10-33(11-15-37)35-18-24-40(25-19-35)50-29-5-3-7-43-31-52-43/h8-27,42-43H,2-7,28-31H2,1H3. The zero-order chi connectivity index (χ0) is 36.4. The second-order valence-corrected chi connectivity index (χ2v) is 13.6. The number of amides is 1. The highest BCUT2D eigenvalue weighted by atomic mass is 16.6. The molecule has 5 aromatic carbocycles. The normalized spacial score (nSPS) is 15.7. The van der Waals surface area contributed by atoms with E-state index in [-0.39, 0.29) is 5.91 Å². The molecule has 2 aliphatic rings. The zero-order valence-electron chi connectivity index (χ0n) is 30.1. The third kappa shape index (κ3) is 10.3. The fourth-order valence-electron chi connectivity index (χ4n) is 6.10. The number of carbonyl (C=O) groups excluding carboxylic acids is 2. The molecule has 0 N–H and O–H groups in total. The molecule has 2 saturated heterocycles. The summed E-state index contributed by atoms with van der Waals surface area (Å²) < 4.78 is 27.9. The van der Waals surface area contributed by atoms with Gasteiger partial charge in [-0.05, 0) is 134 Å². The molecule has 2 fully saturated rings. The van der Waals surface area contributed by atoms with Gasteiger partial charge in [0, 0.05) is 18.3 Å². The maximum Gasteiger partial charge on any atom is 0.343 e. The molecule has 2 heterocycles. The van der Waals surface area contributed by atoms with Crippen molar-refractivity contribution >= 4 is 17.6 Å². The molecular weight excluding hydrogens is 666 g/mol. The average Bonchev–Trinajstić information content (AvgIpc) is 4.15. The summed E-state index contributed by atoms with van der Waals surface area (Å²) in [7, 11) is 1.73. The topological polar surface area (TPSA) is 90.1 Å². The summed E-state index contributed by atoms with van der Waals surface area (Å²) in [5, 5.41) is 0. The Labute approximate surface area is 311 Å². The van der Waals surface area contributed by atoms with Crippen LogP contribution < -0.4 is 19.1 Å². The summed E-state index contributed by atoms with van der Waals surface area (Å²) in [5.41, 5.74) is 5.79. The van der Waals surface area contributed by atoms with E-state index in [0.29, 0.717) is 48.0 Å². The third-order valence-electron chi connectivity index (χ3n) is 9.55. The Morgan fingerprint density at radius 1 is 0.547 bits per heavy atom. The van der Waals surface area contributed by atoms with Crippen LogP contribution in [0.4, 0.5) is 5.69 Å². The number of epoxide rings is 2. The molecule has 1 amide bonds. The van der Waals surface area contributed by atoms with E-state index in [4.69, 9.17) is 23.7 Å². The lowest BCUT2D eigenvalue weighted by Gasteiger charge is -2.18. The highest BCUT2D eigenvalue weighted by Gasteiger charge is 2.22. The fraction of sp³-hybridized carbons (Fsp3) is 0.289. The summed E-state index contributed by atoms with van der Waals surface area (Å²) >= 11 is 0. The van der Waals surface area contributed by atoms with Crippen molar-refractivity contribution in [3.8, 4) is 39.5 Å². The Balaban J connectivity index is 0.862. The predicted octanol–water partition coefficient (Wildman–Crippen LogP) is 9.41. The van der Waals surface area contributed by atoms with Gasteiger partial charge < -0.3 is 28.6 Å². The number of anilines is 1. The van der Waals surface area contributed by atoms with Crippen molar-refractivity contribution in [2.45, 2.75) is 50.7 Å². The van der Waals surface area contributed by atoms with E-state index in [1.807, 2.05) is 84.9 Å².